The van der Waals surface area contributed by atoms with E-state index >= 15 is 0 Å². The van der Waals surface area contributed by atoms with Gasteiger partial charge in [0.25, 0.3) is 0 Å². The van der Waals surface area contributed by atoms with Gasteiger partial charge in [-0.25, -0.2) is 14.6 Å². The number of hydrogen-bond donors (Lipinski definition) is 1. The molecule has 28 heavy (non-hydrogen) atoms. The van der Waals surface area contributed by atoms with Crippen LogP contribution in [0.5, 0.6) is 0 Å². The Morgan fingerprint density at radius 3 is 2.50 bits per heavy atom. The molecule has 3 aromatic rings. The molecule has 0 saturated carbocycles. The van der Waals surface area contributed by atoms with Crippen LogP contribution >= 0.6 is 0 Å². The average molecular weight is 383 g/mol. The van der Waals surface area contributed by atoms with Gasteiger partial charge in [-0.2, -0.15) is 4.98 Å². The fraction of sp³-hybridized carbons (Fsp3) is 0.300. The van der Waals surface area contributed by atoms with E-state index in [9.17, 15) is 9.59 Å². The Labute approximate surface area is 161 Å². The molecular weight excluding hydrogens is 362 g/mol. The highest BCUT2D eigenvalue weighted by Gasteiger charge is 2.24. The van der Waals surface area contributed by atoms with Gasteiger partial charge in [0, 0.05) is 5.69 Å². The molecule has 0 unspecified atom stereocenters. The minimum absolute atomic E-state index is 0.238. The number of hydrogen-bond acceptors (Lipinski definition) is 8. The normalized spacial score (nSPS) is 10.7. The average Bonchev–Trinajstić information content (AvgIpc) is 2.98. The number of fused-ring (bicyclic) bond motifs is 1. The minimum atomic E-state index is -0.505. The number of aryl methyl sites for hydroxylation is 2. The molecule has 0 radical (unpaired) electrons. The number of carbonyl (C=O) groups is 2. The molecule has 2 aromatic heterocycles. The molecule has 1 N–H and O–H groups in total. The quantitative estimate of drug-likeness (QED) is 0.639. The molecule has 0 bridgehead atoms. The summed E-state index contributed by atoms with van der Waals surface area (Å²) in [6, 6.07) is 6.82. The first-order valence-corrected chi connectivity index (χ1v) is 8.93. The Hall–Kier alpha value is -3.42. The highest BCUT2D eigenvalue weighted by molar-refractivity contribution is 6.08. The van der Waals surface area contributed by atoms with Gasteiger partial charge in [0.1, 0.15) is 23.0 Å². The van der Waals surface area contributed by atoms with Crippen LogP contribution in [0.15, 0.2) is 28.7 Å². The summed E-state index contributed by atoms with van der Waals surface area (Å²) in [5, 5.41) is 3.58. The summed E-state index contributed by atoms with van der Waals surface area (Å²) in [5.74, 6) is 0.344. The van der Waals surface area contributed by atoms with E-state index in [1.54, 1.807) is 52.0 Å². The monoisotopic (exact) mass is 383 g/mol. The van der Waals surface area contributed by atoms with Crippen LogP contribution in [0, 0.1) is 13.8 Å². The SMILES string of the molecule is CCOC(=O)c1cccc(Nc2nc(C)nc3oc(C)c(C(=O)OCC)c23)c1. The number of nitrogens with zero attached hydrogens (tertiary/aromatic N) is 2. The molecule has 1 aromatic carbocycles. The van der Waals surface area contributed by atoms with E-state index in [2.05, 4.69) is 15.3 Å². The second-order valence-electron chi connectivity index (χ2n) is 5.98. The van der Waals surface area contributed by atoms with Crippen molar-refractivity contribution in [1.29, 1.82) is 0 Å². The predicted molar refractivity (Wildman–Crippen MR) is 103 cm³/mol. The zero-order chi connectivity index (χ0) is 20.3. The van der Waals surface area contributed by atoms with Crippen molar-refractivity contribution in [2.45, 2.75) is 27.7 Å². The molecule has 0 atom stereocenters. The molecule has 8 nitrogen and oxygen atoms in total. The molecule has 2 heterocycles. The van der Waals surface area contributed by atoms with Crippen LogP contribution < -0.4 is 5.32 Å². The lowest BCUT2D eigenvalue weighted by atomic mass is 10.1. The van der Waals surface area contributed by atoms with Crippen LogP contribution in [-0.4, -0.2) is 35.1 Å². The van der Waals surface area contributed by atoms with Crippen LogP contribution in [0.1, 0.15) is 46.1 Å². The highest BCUT2D eigenvalue weighted by atomic mass is 16.5. The van der Waals surface area contributed by atoms with E-state index < -0.39 is 11.9 Å². The summed E-state index contributed by atoms with van der Waals surface area (Å²) in [5.41, 5.74) is 1.58. The van der Waals surface area contributed by atoms with Crippen LogP contribution in [-0.2, 0) is 9.47 Å². The van der Waals surface area contributed by atoms with E-state index in [0.717, 1.165) is 0 Å². The maximum Gasteiger partial charge on any atom is 0.342 e. The third-order valence-corrected chi connectivity index (χ3v) is 3.96. The fourth-order valence-electron chi connectivity index (χ4n) is 2.83. The molecule has 3 rings (SSSR count). The minimum Gasteiger partial charge on any atom is -0.462 e. The van der Waals surface area contributed by atoms with E-state index in [4.69, 9.17) is 13.9 Å². The van der Waals surface area contributed by atoms with Gasteiger partial charge in [-0.05, 0) is 45.9 Å². The van der Waals surface area contributed by atoms with Crippen molar-refractivity contribution >= 4 is 34.5 Å². The maximum atomic E-state index is 12.4. The van der Waals surface area contributed by atoms with Gasteiger partial charge in [0.15, 0.2) is 0 Å². The number of carbonyl (C=O) groups excluding carboxylic acids is 2. The molecule has 0 amide bonds. The largest absolute Gasteiger partial charge is 0.462 e. The lowest BCUT2D eigenvalue weighted by molar-refractivity contribution is 0.0516. The summed E-state index contributed by atoms with van der Waals surface area (Å²) in [4.78, 5) is 33.1. The first-order chi connectivity index (χ1) is 13.4. The standard InChI is InChI=1S/C20H21N3O5/c1-5-26-19(24)13-8-7-9-14(10-13)23-17-16-15(20(25)27-6-2)11(3)28-18(16)22-12(4)21-17/h7-10H,5-6H2,1-4H3,(H,21,22,23). The van der Waals surface area contributed by atoms with E-state index in [0.29, 0.717) is 40.6 Å². The maximum absolute atomic E-state index is 12.4. The Bertz CT molecular complexity index is 1040. The zero-order valence-corrected chi connectivity index (χ0v) is 16.2. The number of nitrogens with one attached hydrogen (secondary N) is 1. The summed E-state index contributed by atoms with van der Waals surface area (Å²) < 4.78 is 15.8. The molecular formula is C20H21N3O5. The van der Waals surface area contributed by atoms with E-state index in [-0.39, 0.29) is 17.9 Å². The number of aromatic nitrogens is 2. The molecule has 146 valence electrons. The number of furan rings is 1. The molecule has 0 aliphatic rings. The van der Waals surface area contributed by atoms with Gasteiger partial charge in [-0.15, -0.1) is 0 Å². The van der Waals surface area contributed by atoms with Crippen LogP contribution in [0.4, 0.5) is 11.5 Å². The second-order valence-corrected chi connectivity index (χ2v) is 5.98. The summed E-state index contributed by atoms with van der Waals surface area (Å²) in [7, 11) is 0. The molecule has 0 fully saturated rings. The first kappa shape index (κ1) is 19.3. The number of ether oxygens (including phenoxy) is 2. The Kier molecular flexibility index (Phi) is 5.58. The highest BCUT2D eigenvalue weighted by Crippen LogP contribution is 2.32. The first-order valence-electron chi connectivity index (χ1n) is 8.93. The molecule has 0 aliphatic heterocycles. The van der Waals surface area contributed by atoms with Gasteiger partial charge in [0.05, 0.1) is 24.2 Å². The molecule has 8 heteroatoms. The third-order valence-electron chi connectivity index (χ3n) is 3.96. The second kappa shape index (κ2) is 8.08. The van der Waals surface area contributed by atoms with Crippen molar-refractivity contribution in [3.05, 3.63) is 47.0 Å². The van der Waals surface area contributed by atoms with Gasteiger partial charge < -0.3 is 19.2 Å². The fourth-order valence-corrected chi connectivity index (χ4v) is 2.83. The molecule has 0 aliphatic carbocycles. The molecule has 0 saturated heterocycles. The Morgan fingerprint density at radius 1 is 1.07 bits per heavy atom. The van der Waals surface area contributed by atoms with Gasteiger partial charge in [-0.3, -0.25) is 0 Å². The van der Waals surface area contributed by atoms with Crippen LogP contribution in [0.2, 0.25) is 0 Å². The van der Waals surface area contributed by atoms with E-state index in [1.807, 2.05) is 0 Å². The van der Waals surface area contributed by atoms with Crippen molar-refractivity contribution < 1.29 is 23.5 Å². The van der Waals surface area contributed by atoms with Crippen molar-refractivity contribution in [3.8, 4) is 0 Å². The number of esters is 2. The lowest BCUT2D eigenvalue weighted by Gasteiger charge is -2.10. The summed E-state index contributed by atoms with van der Waals surface area (Å²) in [6.45, 7) is 7.41. The summed E-state index contributed by atoms with van der Waals surface area (Å²) >= 11 is 0. The van der Waals surface area contributed by atoms with Gasteiger partial charge in [-0.1, -0.05) is 6.07 Å². The van der Waals surface area contributed by atoms with Crippen molar-refractivity contribution in [2.75, 3.05) is 18.5 Å². The Balaban J connectivity index is 2.07. The van der Waals surface area contributed by atoms with Crippen LogP contribution in [0.25, 0.3) is 11.1 Å². The smallest absolute Gasteiger partial charge is 0.342 e. The van der Waals surface area contributed by atoms with Crippen molar-refractivity contribution in [3.63, 3.8) is 0 Å². The lowest BCUT2D eigenvalue weighted by Crippen LogP contribution is -2.08. The van der Waals surface area contributed by atoms with Crippen molar-refractivity contribution in [2.24, 2.45) is 0 Å². The topological polar surface area (TPSA) is 104 Å². The number of benzene rings is 1. The predicted octanol–water partition coefficient (Wildman–Crippen LogP) is 3.94. The van der Waals surface area contributed by atoms with Gasteiger partial charge in [0.2, 0.25) is 5.71 Å². The number of rotatable bonds is 6. The summed E-state index contributed by atoms with van der Waals surface area (Å²) in [6.07, 6.45) is 0. The molecule has 0 spiro atoms. The van der Waals surface area contributed by atoms with Gasteiger partial charge >= 0.3 is 11.9 Å². The van der Waals surface area contributed by atoms with Crippen molar-refractivity contribution in [1.82, 2.24) is 9.97 Å². The zero-order valence-electron chi connectivity index (χ0n) is 16.2. The van der Waals surface area contributed by atoms with Crippen LogP contribution in [0.3, 0.4) is 0 Å². The van der Waals surface area contributed by atoms with E-state index in [1.165, 1.54) is 0 Å². The number of anilines is 2. The Morgan fingerprint density at radius 2 is 1.79 bits per heavy atom. The third kappa shape index (κ3) is 3.80.